The Morgan fingerprint density at radius 3 is 2.32 bits per heavy atom. The molecule has 4 nitrogen and oxygen atoms in total. The number of nitrogens with one attached hydrogen (secondary N) is 2. The molecular weight excluding hydrogens is 274 g/mol. The molecule has 2 N–H and O–H groups in total. The molecule has 0 saturated heterocycles. The van der Waals surface area contributed by atoms with Gasteiger partial charge in [-0.2, -0.15) is 0 Å². The summed E-state index contributed by atoms with van der Waals surface area (Å²) in [5, 5.41) is 2.91. The quantitative estimate of drug-likeness (QED) is 0.704. The van der Waals surface area contributed by atoms with E-state index in [2.05, 4.69) is 10.0 Å². The lowest BCUT2D eigenvalue weighted by molar-refractivity contribution is 0.574. The van der Waals surface area contributed by atoms with Crippen LogP contribution in [0, 0.1) is 11.6 Å². The van der Waals surface area contributed by atoms with E-state index in [0.717, 1.165) is 6.07 Å². The van der Waals surface area contributed by atoms with E-state index in [1.807, 2.05) is 6.92 Å². The van der Waals surface area contributed by atoms with Gasteiger partial charge in [-0.25, -0.2) is 21.9 Å². The van der Waals surface area contributed by atoms with Gasteiger partial charge in [0.25, 0.3) is 0 Å². The first kappa shape index (κ1) is 16.0. The monoisotopic (exact) mass is 292 g/mol. The average Bonchev–Trinajstić information content (AvgIpc) is 2.27. The van der Waals surface area contributed by atoms with Crippen molar-refractivity contribution in [3.63, 3.8) is 0 Å². The molecule has 0 heterocycles. The first-order chi connectivity index (χ1) is 8.93. The van der Waals surface area contributed by atoms with Gasteiger partial charge in [-0.3, -0.25) is 0 Å². The lowest BCUT2D eigenvalue weighted by Gasteiger charge is -2.07. The summed E-state index contributed by atoms with van der Waals surface area (Å²) >= 11 is 0. The van der Waals surface area contributed by atoms with E-state index in [9.17, 15) is 17.2 Å². The second-order valence-electron chi connectivity index (χ2n) is 4.09. The highest BCUT2D eigenvalue weighted by molar-refractivity contribution is 7.89. The Labute approximate surface area is 112 Å². The first-order valence-corrected chi connectivity index (χ1v) is 7.71. The van der Waals surface area contributed by atoms with Gasteiger partial charge in [0.2, 0.25) is 10.0 Å². The molecule has 1 rings (SSSR count). The molecule has 0 unspecified atom stereocenters. The van der Waals surface area contributed by atoms with Crippen molar-refractivity contribution in [2.24, 2.45) is 0 Å². The van der Waals surface area contributed by atoms with Crippen LogP contribution in [0.15, 0.2) is 18.2 Å². The zero-order valence-corrected chi connectivity index (χ0v) is 11.6. The number of halogens is 2. The summed E-state index contributed by atoms with van der Waals surface area (Å²) < 4.78 is 51.3. The minimum Gasteiger partial charge on any atom is -0.316 e. The number of hydrogen-bond acceptors (Lipinski definition) is 3. The second kappa shape index (κ2) is 7.52. The van der Waals surface area contributed by atoms with Crippen molar-refractivity contribution < 1.29 is 17.2 Å². The summed E-state index contributed by atoms with van der Waals surface area (Å²) in [5.74, 6) is -1.34. The lowest BCUT2D eigenvalue weighted by atomic mass is 10.1. The van der Waals surface area contributed by atoms with E-state index in [0.29, 0.717) is 18.7 Å². The molecule has 0 aliphatic rings. The van der Waals surface area contributed by atoms with Crippen molar-refractivity contribution in [1.29, 1.82) is 0 Å². The third kappa shape index (κ3) is 6.60. The van der Waals surface area contributed by atoms with E-state index in [4.69, 9.17) is 0 Å². The summed E-state index contributed by atoms with van der Waals surface area (Å²) in [6.45, 7) is 3.09. The van der Waals surface area contributed by atoms with Crippen LogP contribution in [0.1, 0.15) is 12.5 Å². The fourth-order valence-corrected chi connectivity index (χ4v) is 2.53. The molecule has 0 saturated carbocycles. The molecule has 19 heavy (non-hydrogen) atoms. The van der Waals surface area contributed by atoms with Crippen molar-refractivity contribution in [2.75, 3.05) is 25.4 Å². The van der Waals surface area contributed by atoms with Crippen LogP contribution < -0.4 is 10.0 Å². The third-order valence-electron chi connectivity index (χ3n) is 2.46. The summed E-state index contributed by atoms with van der Waals surface area (Å²) in [6.07, 6.45) is 0.245. The number of sulfonamides is 1. The fraction of sp³-hybridized carbons (Fsp3) is 0.500. The fourth-order valence-electron chi connectivity index (χ4n) is 1.56. The van der Waals surface area contributed by atoms with Crippen LogP contribution in [0.4, 0.5) is 8.78 Å². The molecule has 0 amide bonds. The van der Waals surface area contributed by atoms with Gasteiger partial charge in [0, 0.05) is 19.2 Å². The average molecular weight is 292 g/mol. The van der Waals surface area contributed by atoms with Crippen molar-refractivity contribution in [1.82, 2.24) is 10.0 Å². The van der Waals surface area contributed by atoms with Crippen LogP contribution in [0.5, 0.6) is 0 Å². The van der Waals surface area contributed by atoms with Gasteiger partial charge in [-0.05, 0) is 30.7 Å². The van der Waals surface area contributed by atoms with E-state index in [-0.39, 0.29) is 18.7 Å². The zero-order chi connectivity index (χ0) is 14.3. The Morgan fingerprint density at radius 2 is 1.74 bits per heavy atom. The van der Waals surface area contributed by atoms with Crippen molar-refractivity contribution in [3.05, 3.63) is 35.4 Å². The SMILES string of the molecule is CCNCCS(=O)(=O)NCCc1cc(F)cc(F)c1. The summed E-state index contributed by atoms with van der Waals surface area (Å²) in [6, 6.07) is 3.16. The Kier molecular flexibility index (Phi) is 6.33. The van der Waals surface area contributed by atoms with Crippen LogP contribution in [0.2, 0.25) is 0 Å². The third-order valence-corrected chi connectivity index (χ3v) is 3.84. The highest BCUT2D eigenvalue weighted by atomic mass is 32.2. The second-order valence-corrected chi connectivity index (χ2v) is 6.02. The summed E-state index contributed by atoms with van der Waals surface area (Å²) in [4.78, 5) is 0. The molecule has 1 aromatic carbocycles. The van der Waals surface area contributed by atoms with Gasteiger partial charge in [0.15, 0.2) is 0 Å². The molecule has 108 valence electrons. The van der Waals surface area contributed by atoms with Crippen LogP contribution >= 0.6 is 0 Å². The maximum absolute atomic E-state index is 12.9. The predicted molar refractivity (Wildman–Crippen MR) is 70.4 cm³/mol. The number of rotatable bonds is 8. The molecule has 0 fully saturated rings. The maximum Gasteiger partial charge on any atom is 0.212 e. The molecule has 1 aromatic rings. The number of hydrogen-bond donors (Lipinski definition) is 2. The van der Waals surface area contributed by atoms with Gasteiger partial charge in [-0.15, -0.1) is 0 Å². The summed E-state index contributed by atoms with van der Waals surface area (Å²) in [7, 11) is -3.34. The predicted octanol–water partition coefficient (Wildman–Crippen LogP) is 1.04. The van der Waals surface area contributed by atoms with E-state index in [1.165, 1.54) is 12.1 Å². The molecular formula is C12H18F2N2O2S. The molecule has 0 atom stereocenters. The van der Waals surface area contributed by atoms with E-state index >= 15 is 0 Å². The normalized spacial score (nSPS) is 11.7. The van der Waals surface area contributed by atoms with Gasteiger partial charge in [0.05, 0.1) is 5.75 Å². The summed E-state index contributed by atoms with van der Waals surface area (Å²) in [5.41, 5.74) is 0.423. The molecule has 0 aromatic heterocycles. The Balaban J connectivity index is 2.40. The van der Waals surface area contributed by atoms with E-state index in [1.54, 1.807) is 0 Å². The Morgan fingerprint density at radius 1 is 1.11 bits per heavy atom. The molecule has 0 aliphatic carbocycles. The smallest absolute Gasteiger partial charge is 0.212 e. The van der Waals surface area contributed by atoms with Crippen molar-refractivity contribution in [2.45, 2.75) is 13.3 Å². The van der Waals surface area contributed by atoms with Crippen molar-refractivity contribution in [3.8, 4) is 0 Å². The Bertz CT molecular complexity index is 486. The van der Waals surface area contributed by atoms with Crippen LogP contribution in [0.3, 0.4) is 0 Å². The number of benzene rings is 1. The molecule has 0 bridgehead atoms. The van der Waals surface area contributed by atoms with Crippen LogP contribution in [-0.2, 0) is 16.4 Å². The Hall–Kier alpha value is -1.05. The standard InChI is InChI=1S/C12H18F2N2O2S/c1-2-15-5-6-19(17,18)16-4-3-10-7-11(13)9-12(14)8-10/h7-9,15-16H,2-6H2,1H3. The molecule has 0 radical (unpaired) electrons. The lowest BCUT2D eigenvalue weighted by Crippen LogP contribution is -2.33. The molecule has 0 aliphatic heterocycles. The maximum atomic E-state index is 12.9. The highest BCUT2D eigenvalue weighted by Crippen LogP contribution is 2.08. The van der Waals surface area contributed by atoms with Crippen LogP contribution in [0.25, 0.3) is 0 Å². The van der Waals surface area contributed by atoms with Crippen LogP contribution in [-0.4, -0.2) is 33.8 Å². The minimum atomic E-state index is -3.34. The van der Waals surface area contributed by atoms with Gasteiger partial charge < -0.3 is 5.32 Å². The minimum absolute atomic E-state index is 0.0155. The van der Waals surface area contributed by atoms with E-state index < -0.39 is 21.7 Å². The molecule has 7 heteroatoms. The zero-order valence-electron chi connectivity index (χ0n) is 10.7. The topological polar surface area (TPSA) is 58.2 Å². The van der Waals surface area contributed by atoms with Gasteiger partial charge in [-0.1, -0.05) is 6.92 Å². The van der Waals surface area contributed by atoms with Gasteiger partial charge >= 0.3 is 0 Å². The molecule has 0 spiro atoms. The largest absolute Gasteiger partial charge is 0.316 e. The van der Waals surface area contributed by atoms with Gasteiger partial charge in [0.1, 0.15) is 11.6 Å². The van der Waals surface area contributed by atoms with Crippen molar-refractivity contribution >= 4 is 10.0 Å². The highest BCUT2D eigenvalue weighted by Gasteiger charge is 2.09. The first-order valence-electron chi connectivity index (χ1n) is 6.06.